The van der Waals surface area contributed by atoms with Crippen LogP contribution in [0.3, 0.4) is 0 Å². The van der Waals surface area contributed by atoms with Gasteiger partial charge in [-0.2, -0.15) is 0 Å². The maximum atomic E-state index is 12.5. The number of hydrogen-bond donors (Lipinski definition) is 1. The summed E-state index contributed by atoms with van der Waals surface area (Å²) in [4.78, 5) is 1.39. The molecule has 0 unspecified atom stereocenters. The molecule has 0 amide bonds. The summed E-state index contributed by atoms with van der Waals surface area (Å²) in [5.41, 5.74) is 0.646. The summed E-state index contributed by atoms with van der Waals surface area (Å²) < 4.78 is 38.5. The first kappa shape index (κ1) is 15.3. The van der Waals surface area contributed by atoms with Crippen LogP contribution < -0.4 is 14.2 Å². The molecular weight excluding hydrogens is 322 g/mol. The number of rotatable bonds is 5. The maximum absolute atomic E-state index is 12.5. The fourth-order valence-electron chi connectivity index (χ4n) is 2.30. The Morgan fingerprint density at radius 3 is 2.64 bits per heavy atom. The Morgan fingerprint density at radius 2 is 1.95 bits per heavy atom. The zero-order valence-electron chi connectivity index (χ0n) is 12.2. The molecule has 0 radical (unpaired) electrons. The summed E-state index contributed by atoms with van der Waals surface area (Å²) in [5.74, 6) is 1.08. The summed E-state index contributed by atoms with van der Waals surface area (Å²) >= 11 is 1.62. The van der Waals surface area contributed by atoms with Gasteiger partial charge in [-0.25, -0.2) is 13.1 Å². The van der Waals surface area contributed by atoms with Crippen LogP contribution in [0.2, 0.25) is 0 Å². The average molecular weight is 339 g/mol. The summed E-state index contributed by atoms with van der Waals surface area (Å²) in [5, 5.41) is 1.98. The zero-order valence-corrected chi connectivity index (χ0v) is 13.8. The van der Waals surface area contributed by atoms with E-state index in [2.05, 4.69) is 4.72 Å². The quantitative estimate of drug-likeness (QED) is 0.908. The van der Waals surface area contributed by atoms with Gasteiger partial charge in [-0.3, -0.25) is 0 Å². The Kier molecular flexibility index (Phi) is 4.37. The molecule has 1 aromatic heterocycles. The second-order valence-electron chi connectivity index (χ2n) is 4.99. The van der Waals surface area contributed by atoms with Crippen molar-refractivity contribution in [1.29, 1.82) is 0 Å². The molecule has 5 nitrogen and oxygen atoms in total. The predicted octanol–water partition coefficient (Wildman–Crippen LogP) is 2.35. The number of hydrogen-bond acceptors (Lipinski definition) is 5. The van der Waals surface area contributed by atoms with Crippen molar-refractivity contribution >= 4 is 21.4 Å². The number of thiophene rings is 1. The molecule has 2 aromatic rings. The molecule has 22 heavy (non-hydrogen) atoms. The molecule has 0 spiro atoms. The molecule has 1 aliphatic heterocycles. The van der Waals surface area contributed by atoms with Crippen LogP contribution >= 0.6 is 11.3 Å². The topological polar surface area (TPSA) is 64.6 Å². The van der Waals surface area contributed by atoms with Crippen molar-refractivity contribution in [3.63, 3.8) is 0 Å². The van der Waals surface area contributed by atoms with Crippen molar-refractivity contribution in [1.82, 2.24) is 4.72 Å². The molecule has 7 heteroatoms. The van der Waals surface area contributed by atoms with Gasteiger partial charge in [0.05, 0.1) is 4.90 Å². The van der Waals surface area contributed by atoms with Crippen LogP contribution in [0.4, 0.5) is 0 Å². The smallest absolute Gasteiger partial charge is 0.240 e. The van der Waals surface area contributed by atoms with E-state index in [1.165, 1.54) is 6.07 Å². The molecular formula is C15H17NO4S2. The van der Waals surface area contributed by atoms with Gasteiger partial charge in [0.15, 0.2) is 11.5 Å². The number of fused-ring (bicyclic) bond motifs is 1. The highest BCUT2D eigenvalue weighted by molar-refractivity contribution is 7.89. The molecule has 0 fully saturated rings. The van der Waals surface area contributed by atoms with E-state index in [0.717, 1.165) is 4.88 Å². The lowest BCUT2D eigenvalue weighted by Gasteiger charge is -2.20. The van der Waals surface area contributed by atoms with E-state index in [-0.39, 0.29) is 4.90 Å². The van der Waals surface area contributed by atoms with Gasteiger partial charge in [0.2, 0.25) is 10.0 Å². The largest absolute Gasteiger partial charge is 0.486 e. The van der Waals surface area contributed by atoms with Crippen LogP contribution in [0.1, 0.15) is 10.4 Å². The Morgan fingerprint density at radius 1 is 1.23 bits per heavy atom. The number of nitrogens with one attached hydrogen (secondary N) is 1. The Bertz CT molecular complexity index is 754. The molecule has 1 aliphatic rings. The van der Waals surface area contributed by atoms with E-state index in [9.17, 15) is 8.42 Å². The van der Waals surface area contributed by atoms with Crippen molar-refractivity contribution in [2.75, 3.05) is 19.8 Å². The highest BCUT2D eigenvalue weighted by Crippen LogP contribution is 2.34. The molecule has 0 aliphatic carbocycles. The molecule has 1 N–H and O–H groups in total. The van der Waals surface area contributed by atoms with E-state index in [1.807, 2.05) is 17.5 Å². The van der Waals surface area contributed by atoms with Crippen molar-refractivity contribution in [2.45, 2.75) is 18.2 Å². The molecule has 2 heterocycles. The molecule has 0 bridgehead atoms. The van der Waals surface area contributed by atoms with Crippen LogP contribution in [0.5, 0.6) is 11.5 Å². The molecule has 3 rings (SSSR count). The minimum atomic E-state index is -3.56. The summed E-state index contributed by atoms with van der Waals surface area (Å²) in [6.07, 6.45) is 0.681. The highest BCUT2D eigenvalue weighted by atomic mass is 32.2. The van der Waals surface area contributed by atoms with Crippen LogP contribution in [-0.2, 0) is 16.4 Å². The van der Waals surface area contributed by atoms with Crippen molar-refractivity contribution in [3.8, 4) is 11.5 Å². The van der Waals surface area contributed by atoms with Gasteiger partial charge in [-0.05, 0) is 36.4 Å². The molecule has 1 aromatic carbocycles. The highest BCUT2D eigenvalue weighted by Gasteiger charge is 2.22. The van der Waals surface area contributed by atoms with E-state index < -0.39 is 10.0 Å². The molecule has 118 valence electrons. The van der Waals surface area contributed by atoms with E-state index >= 15 is 0 Å². The van der Waals surface area contributed by atoms with E-state index in [1.54, 1.807) is 24.3 Å². The fraction of sp³-hybridized carbons (Fsp3) is 0.333. The standard InChI is InChI=1S/C15H17NO4S2/c1-11-9-13-14(20-7-6-19-13)10-15(11)22(17,18)16-5-4-12-3-2-8-21-12/h2-3,8-10,16H,4-7H2,1H3. The summed E-state index contributed by atoms with van der Waals surface area (Å²) in [7, 11) is -3.56. The number of sulfonamides is 1. The summed E-state index contributed by atoms with van der Waals surface area (Å²) in [6.45, 7) is 3.04. The minimum Gasteiger partial charge on any atom is -0.486 e. The second-order valence-corrected chi connectivity index (χ2v) is 7.76. The lowest BCUT2D eigenvalue weighted by molar-refractivity contribution is 0.171. The SMILES string of the molecule is Cc1cc2c(cc1S(=O)(=O)NCCc1cccs1)OCCO2. The molecule has 0 atom stereocenters. The third-order valence-corrected chi connectivity index (χ3v) is 5.91. The zero-order chi connectivity index (χ0) is 15.6. The first-order valence-corrected chi connectivity index (χ1v) is 9.35. The van der Waals surface area contributed by atoms with Gasteiger partial charge in [0.25, 0.3) is 0 Å². The number of aryl methyl sites for hydroxylation is 1. The Labute approximate surface area is 133 Å². The number of benzene rings is 1. The third-order valence-electron chi connectivity index (χ3n) is 3.37. The van der Waals surface area contributed by atoms with E-state index in [0.29, 0.717) is 43.2 Å². The monoisotopic (exact) mass is 339 g/mol. The van der Waals surface area contributed by atoms with E-state index in [4.69, 9.17) is 9.47 Å². The van der Waals surface area contributed by atoms with Gasteiger partial charge < -0.3 is 9.47 Å². The maximum Gasteiger partial charge on any atom is 0.240 e. The first-order chi connectivity index (χ1) is 10.6. The predicted molar refractivity (Wildman–Crippen MR) is 85.4 cm³/mol. The molecule has 0 saturated carbocycles. The van der Waals surface area contributed by atoms with Gasteiger partial charge in [-0.1, -0.05) is 6.07 Å². The molecule has 0 saturated heterocycles. The van der Waals surface area contributed by atoms with Crippen LogP contribution in [0.25, 0.3) is 0 Å². The van der Waals surface area contributed by atoms with Crippen LogP contribution in [0, 0.1) is 6.92 Å². The number of ether oxygens (including phenoxy) is 2. The van der Waals surface area contributed by atoms with Gasteiger partial charge in [-0.15, -0.1) is 11.3 Å². The average Bonchev–Trinajstić information content (AvgIpc) is 2.99. The van der Waals surface area contributed by atoms with Crippen LogP contribution in [-0.4, -0.2) is 28.2 Å². The first-order valence-electron chi connectivity index (χ1n) is 6.98. The lowest BCUT2D eigenvalue weighted by atomic mass is 10.2. The Hall–Kier alpha value is -1.57. The van der Waals surface area contributed by atoms with Gasteiger partial charge in [0, 0.05) is 17.5 Å². The fourth-order valence-corrected chi connectivity index (χ4v) is 4.28. The lowest BCUT2D eigenvalue weighted by Crippen LogP contribution is -2.27. The van der Waals surface area contributed by atoms with Crippen molar-refractivity contribution < 1.29 is 17.9 Å². The van der Waals surface area contributed by atoms with Gasteiger partial charge >= 0.3 is 0 Å². The van der Waals surface area contributed by atoms with Gasteiger partial charge in [0.1, 0.15) is 13.2 Å². The van der Waals surface area contributed by atoms with Crippen molar-refractivity contribution in [3.05, 3.63) is 40.1 Å². The minimum absolute atomic E-state index is 0.239. The normalized spacial score (nSPS) is 14.0. The Balaban J connectivity index is 1.76. The second kappa shape index (κ2) is 6.28. The third kappa shape index (κ3) is 3.26. The summed E-state index contributed by atoms with van der Waals surface area (Å²) in [6, 6.07) is 7.20. The van der Waals surface area contributed by atoms with Crippen LogP contribution in [0.15, 0.2) is 34.5 Å². The van der Waals surface area contributed by atoms with Crippen molar-refractivity contribution in [2.24, 2.45) is 0 Å².